The number of alkyl halides is 3. The third kappa shape index (κ3) is 4.15. The van der Waals surface area contributed by atoms with Crippen LogP contribution in [-0.2, 0) is 11.0 Å². The number of primary amides is 1. The molecule has 1 aliphatic heterocycles. The molecular formula is C17H18F3N3O3S. The Morgan fingerprint density at radius 2 is 2.15 bits per heavy atom. The van der Waals surface area contributed by atoms with Crippen LogP contribution in [-0.4, -0.2) is 35.0 Å². The topological polar surface area (TPSA) is 89.4 Å². The van der Waals surface area contributed by atoms with E-state index in [-0.39, 0.29) is 29.5 Å². The molecule has 2 aromatic heterocycles. The minimum absolute atomic E-state index is 0.0340. The molecule has 3 rings (SSSR count). The number of thiophene rings is 1. The molecule has 3 heterocycles. The van der Waals surface area contributed by atoms with Gasteiger partial charge in [0.05, 0.1) is 9.75 Å². The fourth-order valence-electron chi connectivity index (χ4n) is 3.27. The zero-order valence-corrected chi connectivity index (χ0v) is 15.3. The Kier molecular flexibility index (Phi) is 5.27. The molecule has 10 heteroatoms. The van der Waals surface area contributed by atoms with Crippen molar-refractivity contribution in [3.63, 3.8) is 0 Å². The highest BCUT2D eigenvalue weighted by Gasteiger charge is 2.39. The molecule has 0 spiro atoms. The SMILES string of the molecule is Cc1c(-c2ccc(C(=O)N3CCC[C@H](CC(N)=O)C3)s2)noc1C(F)(F)F. The van der Waals surface area contributed by atoms with E-state index in [1.807, 2.05) is 0 Å². The number of likely N-dealkylation sites (tertiary alicyclic amines) is 1. The first kappa shape index (κ1) is 19.4. The van der Waals surface area contributed by atoms with Crippen LogP contribution in [0.3, 0.4) is 0 Å². The first-order valence-corrected chi connectivity index (χ1v) is 9.19. The van der Waals surface area contributed by atoms with Gasteiger partial charge in [0, 0.05) is 25.1 Å². The number of piperidine rings is 1. The Morgan fingerprint density at radius 1 is 1.41 bits per heavy atom. The van der Waals surface area contributed by atoms with Gasteiger partial charge in [0.1, 0.15) is 5.69 Å². The molecule has 1 aliphatic rings. The Balaban J connectivity index is 1.77. The second kappa shape index (κ2) is 7.34. The van der Waals surface area contributed by atoms with Crippen molar-refractivity contribution in [3.8, 4) is 10.6 Å². The van der Waals surface area contributed by atoms with Crippen molar-refractivity contribution >= 4 is 23.2 Å². The maximum Gasteiger partial charge on any atom is 0.452 e. The van der Waals surface area contributed by atoms with Crippen LogP contribution < -0.4 is 5.73 Å². The molecule has 1 atom stereocenters. The quantitative estimate of drug-likeness (QED) is 0.850. The average molecular weight is 401 g/mol. The summed E-state index contributed by atoms with van der Waals surface area (Å²) in [5.41, 5.74) is 5.21. The first-order chi connectivity index (χ1) is 12.7. The number of carbonyl (C=O) groups excluding carboxylic acids is 2. The van der Waals surface area contributed by atoms with E-state index in [0.29, 0.717) is 22.8 Å². The maximum atomic E-state index is 12.9. The molecule has 0 saturated carbocycles. The lowest BCUT2D eigenvalue weighted by Gasteiger charge is -2.32. The largest absolute Gasteiger partial charge is 0.452 e. The lowest BCUT2D eigenvalue weighted by Crippen LogP contribution is -2.40. The molecule has 2 amide bonds. The summed E-state index contributed by atoms with van der Waals surface area (Å²) >= 11 is 1.07. The van der Waals surface area contributed by atoms with E-state index >= 15 is 0 Å². The van der Waals surface area contributed by atoms with Crippen molar-refractivity contribution < 1.29 is 27.3 Å². The molecule has 1 saturated heterocycles. The van der Waals surface area contributed by atoms with E-state index < -0.39 is 17.8 Å². The molecule has 0 aliphatic carbocycles. The van der Waals surface area contributed by atoms with Gasteiger partial charge in [0.25, 0.3) is 5.91 Å². The predicted octanol–water partition coefficient (Wildman–Crippen LogP) is 3.46. The van der Waals surface area contributed by atoms with Crippen molar-refractivity contribution in [3.05, 3.63) is 28.3 Å². The van der Waals surface area contributed by atoms with Gasteiger partial charge in [0.15, 0.2) is 0 Å². The summed E-state index contributed by atoms with van der Waals surface area (Å²) < 4.78 is 43.0. The van der Waals surface area contributed by atoms with E-state index in [0.717, 1.165) is 24.2 Å². The zero-order valence-electron chi connectivity index (χ0n) is 14.5. The van der Waals surface area contributed by atoms with Gasteiger partial charge < -0.3 is 15.2 Å². The molecular weight excluding hydrogens is 383 g/mol. The van der Waals surface area contributed by atoms with Gasteiger partial charge >= 0.3 is 6.18 Å². The van der Waals surface area contributed by atoms with E-state index in [1.165, 1.54) is 6.92 Å². The molecule has 1 fully saturated rings. The van der Waals surface area contributed by atoms with Crippen molar-refractivity contribution in [2.45, 2.75) is 32.4 Å². The van der Waals surface area contributed by atoms with Crippen LogP contribution in [0.15, 0.2) is 16.7 Å². The summed E-state index contributed by atoms with van der Waals surface area (Å²) in [7, 11) is 0. The normalized spacial score (nSPS) is 17.9. The number of nitrogens with zero attached hydrogens (tertiary/aromatic N) is 2. The van der Waals surface area contributed by atoms with Crippen LogP contribution in [0, 0.1) is 12.8 Å². The van der Waals surface area contributed by atoms with Gasteiger partial charge in [0.2, 0.25) is 11.7 Å². The van der Waals surface area contributed by atoms with Crippen LogP contribution >= 0.6 is 11.3 Å². The molecule has 2 N–H and O–H groups in total. The number of carbonyl (C=O) groups is 2. The number of halogens is 3. The summed E-state index contributed by atoms with van der Waals surface area (Å²) in [6.45, 7) is 2.30. The Morgan fingerprint density at radius 3 is 2.78 bits per heavy atom. The molecule has 146 valence electrons. The third-order valence-corrected chi connectivity index (χ3v) is 5.61. The van der Waals surface area contributed by atoms with Crippen LogP contribution in [0.25, 0.3) is 10.6 Å². The van der Waals surface area contributed by atoms with Crippen LogP contribution in [0.1, 0.15) is 40.3 Å². The van der Waals surface area contributed by atoms with Gasteiger partial charge in [-0.15, -0.1) is 11.3 Å². The molecule has 0 bridgehead atoms. The van der Waals surface area contributed by atoms with E-state index in [2.05, 4.69) is 9.68 Å². The van der Waals surface area contributed by atoms with E-state index in [9.17, 15) is 22.8 Å². The monoisotopic (exact) mass is 401 g/mol. The van der Waals surface area contributed by atoms with Crippen molar-refractivity contribution in [1.82, 2.24) is 10.1 Å². The fourth-order valence-corrected chi connectivity index (χ4v) is 4.28. The van der Waals surface area contributed by atoms with Gasteiger partial charge in [-0.1, -0.05) is 5.16 Å². The number of aromatic nitrogens is 1. The smallest absolute Gasteiger partial charge is 0.370 e. The van der Waals surface area contributed by atoms with Crippen LogP contribution in [0.5, 0.6) is 0 Å². The number of nitrogens with two attached hydrogens (primary N) is 1. The average Bonchev–Trinajstić information content (AvgIpc) is 3.19. The van der Waals surface area contributed by atoms with Crippen molar-refractivity contribution in [2.75, 3.05) is 13.1 Å². The van der Waals surface area contributed by atoms with Gasteiger partial charge in [-0.05, 0) is 37.8 Å². The highest BCUT2D eigenvalue weighted by molar-refractivity contribution is 7.17. The minimum atomic E-state index is -4.62. The number of amides is 2. The van der Waals surface area contributed by atoms with Crippen LogP contribution in [0.4, 0.5) is 13.2 Å². The Bertz CT molecular complexity index is 859. The number of rotatable bonds is 4. The molecule has 2 aromatic rings. The summed E-state index contributed by atoms with van der Waals surface area (Å²) in [5.74, 6) is -1.71. The van der Waals surface area contributed by atoms with E-state index in [1.54, 1.807) is 17.0 Å². The van der Waals surface area contributed by atoms with E-state index in [4.69, 9.17) is 5.73 Å². The van der Waals surface area contributed by atoms with Crippen LogP contribution in [0.2, 0.25) is 0 Å². The van der Waals surface area contributed by atoms with Gasteiger partial charge in [-0.25, -0.2) is 0 Å². The summed E-state index contributed by atoms with van der Waals surface area (Å²) in [4.78, 5) is 26.3. The standard InChI is InChI=1S/C17H18F3N3O3S/c1-9-14(22-26-15(9)17(18,19)20)11-4-5-12(27-11)16(25)23-6-2-3-10(8-23)7-13(21)24/h4-5,10H,2-3,6-8H2,1H3,(H2,21,24)/t10-/m1/s1. The molecule has 0 radical (unpaired) electrons. The lowest BCUT2D eigenvalue weighted by atomic mass is 9.94. The molecule has 6 nitrogen and oxygen atoms in total. The first-order valence-electron chi connectivity index (χ1n) is 8.38. The molecule has 0 aromatic carbocycles. The fraction of sp³-hybridized carbons (Fsp3) is 0.471. The third-order valence-electron chi connectivity index (χ3n) is 4.53. The zero-order chi connectivity index (χ0) is 19.8. The molecule has 0 unspecified atom stereocenters. The van der Waals surface area contributed by atoms with Gasteiger partial charge in [-0.2, -0.15) is 13.2 Å². The second-order valence-corrected chi connectivity index (χ2v) is 7.66. The number of hydrogen-bond donors (Lipinski definition) is 1. The number of hydrogen-bond acceptors (Lipinski definition) is 5. The maximum absolute atomic E-state index is 12.9. The molecule has 27 heavy (non-hydrogen) atoms. The lowest BCUT2D eigenvalue weighted by molar-refractivity contribution is -0.156. The second-order valence-electron chi connectivity index (χ2n) is 6.58. The van der Waals surface area contributed by atoms with Crippen molar-refractivity contribution in [2.24, 2.45) is 11.7 Å². The minimum Gasteiger partial charge on any atom is -0.370 e. The highest BCUT2D eigenvalue weighted by Crippen LogP contribution is 2.38. The Hall–Kier alpha value is -2.36. The Labute approximate surface area is 157 Å². The van der Waals surface area contributed by atoms with Gasteiger partial charge in [-0.3, -0.25) is 9.59 Å². The predicted molar refractivity (Wildman–Crippen MR) is 92.0 cm³/mol. The van der Waals surface area contributed by atoms with Crippen molar-refractivity contribution in [1.29, 1.82) is 0 Å². The summed E-state index contributed by atoms with van der Waals surface area (Å²) in [6.07, 6.45) is -2.77. The highest BCUT2D eigenvalue weighted by atomic mass is 32.1. The summed E-state index contributed by atoms with van der Waals surface area (Å²) in [5, 5.41) is 3.52. The summed E-state index contributed by atoms with van der Waals surface area (Å²) in [6, 6.07) is 3.13.